The first-order chi connectivity index (χ1) is 8.22. The Morgan fingerprint density at radius 2 is 2.47 bits per heavy atom. The largest absolute Gasteiger partial charge is 0.382 e. The van der Waals surface area contributed by atoms with E-state index in [1.54, 1.807) is 6.20 Å². The second-order valence-corrected chi connectivity index (χ2v) is 4.29. The van der Waals surface area contributed by atoms with E-state index in [1.165, 1.54) is 11.5 Å². The van der Waals surface area contributed by atoms with E-state index in [0.717, 1.165) is 17.2 Å². The van der Waals surface area contributed by atoms with Gasteiger partial charge in [-0.25, -0.2) is 4.98 Å². The van der Waals surface area contributed by atoms with E-state index < -0.39 is 0 Å². The molecule has 0 bridgehead atoms. The smallest absolute Gasteiger partial charge is 0.157 e. The van der Waals surface area contributed by atoms with Crippen LogP contribution in [0.25, 0.3) is 0 Å². The average Bonchev–Trinajstić information content (AvgIpc) is 2.86. The highest BCUT2D eigenvalue weighted by Gasteiger charge is 2.10. The van der Waals surface area contributed by atoms with Crippen LogP contribution in [0.15, 0.2) is 12.4 Å². The van der Waals surface area contributed by atoms with E-state index in [9.17, 15) is 0 Å². The van der Waals surface area contributed by atoms with Crippen LogP contribution in [0, 0.1) is 11.3 Å². The van der Waals surface area contributed by atoms with Gasteiger partial charge in [0, 0.05) is 32.4 Å². The molecular weight excluding hydrogens is 236 g/mol. The number of hydrogen-bond acceptors (Lipinski definition) is 6. The van der Waals surface area contributed by atoms with Crippen LogP contribution in [0.1, 0.15) is 11.4 Å². The Morgan fingerprint density at radius 3 is 3.12 bits per heavy atom. The Hall–Kier alpha value is -2.07. The molecule has 0 amide bonds. The lowest BCUT2D eigenvalue weighted by atomic mass is 10.3. The summed E-state index contributed by atoms with van der Waals surface area (Å²) in [6.45, 7) is 0.696. The van der Waals surface area contributed by atoms with E-state index >= 15 is 0 Å². The molecule has 6 nitrogen and oxygen atoms in total. The van der Waals surface area contributed by atoms with Crippen molar-refractivity contribution in [3.63, 3.8) is 0 Å². The summed E-state index contributed by atoms with van der Waals surface area (Å²) in [6, 6.07) is 2.04. The zero-order chi connectivity index (χ0) is 12.3. The van der Waals surface area contributed by atoms with Gasteiger partial charge >= 0.3 is 0 Å². The Labute approximate surface area is 103 Å². The lowest BCUT2D eigenvalue weighted by Gasteiger charge is -2.03. The van der Waals surface area contributed by atoms with Crippen LogP contribution >= 0.6 is 11.5 Å². The van der Waals surface area contributed by atoms with Gasteiger partial charge in [-0.05, 0) is 11.5 Å². The predicted molar refractivity (Wildman–Crippen MR) is 66.6 cm³/mol. The Bertz CT molecular complexity index is 549. The third-order valence-corrected chi connectivity index (χ3v) is 3.20. The molecule has 0 aromatic carbocycles. The molecule has 88 valence electrons. The van der Waals surface area contributed by atoms with Crippen molar-refractivity contribution in [2.24, 2.45) is 7.05 Å². The number of nitrogens with two attached hydrogens (primary N) is 1. The first-order valence-electron chi connectivity index (χ1n) is 5.07. The number of nitrogens with one attached hydrogen (secondary N) is 1. The van der Waals surface area contributed by atoms with Gasteiger partial charge in [-0.15, -0.1) is 0 Å². The monoisotopic (exact) mass is 248 g/mol. The average molecular weight is 248 g/mol. The minimum absolute atomic E-state index is 0.289. The van der Waals surface area contributed by atoms with Gasteiger partial charge in [-0.3, -0.25) is 0 Å². The van der Waals surface area contributed by atoms with Crippen LogP contribution in [-0.4, -0.2) is 20.5 Å². The van der Waals surface area contributed by atoms with Crippen molar-refractivity contribution in [1.29, 1.82) is 5.26 Å². The van der Waals surface area contributed by atoms with Crippen molar-refractivity contribution in [2.45, 2.75) is 6.42 Å². The topological polar surface area (TPSA) is 92.6 Å². The number of nitrogens with zero attached hydrogens (tertiary/aromatic N) is 4. The maximum atomic E-state index is 8.90. The second kappa shape index (κ2) is 4.84. The van der Waals surface area contributed by atoms with Crippen molar-refractivity contribution in [2.75, 3.05) is 17.6 Å². The van der Waals surface area contributed by atoms with Crippen LogP contribution in [0.2, 0.25) is 0 Å². The van der Waals surface area contributed by atoms with Crippen LogP contribution in [-0.2, 0) is 13.5 Å². The van der Waals surface area contributed by atoms with E-state index in [1.807, 2.05) is 23.9 Å². The number of nitrogen functional groups attached to an aromatic ring is 1. The molecular formula is C10H12N6S. The van der Waals surface area contributed by atoms with Gasteiger partial charge in [0.25, 0.3) is 0 Å². The lowest BCUT2D eigenvalue weighted by Crippen LogP contribution is -2.08. The third-order valence-electron chi connectivity index (χ3n) is 2.39. The summed E-state index contributed by atoms with van der Waals surface area (Å²) in [5.74, 6) is 1.28. The summed E-state index contributed by atoms with van der Waals surface area (Å²) >= 11 is 1.21. The fraction of sp³-hybridized carbons (Fsp3) is 0.300. The van der Waals surface area contributed by atoms with E-state index in [-0.39, 0.29) is 5.82 Å². The fourth-order valence-corrected chi connectivity index (χ4v) is 2.15. The van der Waals surface area contributed by atoms with Gasteiger partial charge in [0.05, 0.1) is 0 Å². The maximum Gasteiger partial charge on any atom is 0.157 e. The highest BCUT2D eigenvalue weighted by molar-refractivity contribution is 7.10. The van der Waals surface area contributed by atoms with Crippen LogP contribution in [0.5, 0.6) is 0 Å². The van der Waals surface area contributed by atoms with Crippen molar-refractivity contribution >= 4 is 22.4 Å². The molecule has 3 N–H and O–H groups in total. The molecule has 0 aliphatic heterocycles. The van der Waals surface area contributed by atoms with Gasteiger partial charge < -0.3 is 15.6 Å². The normalized spacial score (nSPS) is 10.1. The highest BCUT2D eigenvalue weighted by atomic mass is 32.1. The molecule has 0 saturated carbocycles. The Kier molecular flexibility index (Phi) is 3.25. The zero-order valence-electron chi connectivity index (χ0n) is 9.34. The summed E-state index contributed by atoms with van der Waals surface area (Å²) < 4.78 is 5.90. The van der Waals surface area contributed by atoms with Crippen molar-refractivity contribution in [1.82, 2.24) is 13.9 Å². The molecule has 2 aromatic heterocycles. The molecule has 0 aliphatic rings. The zero-order valence-corrected chi connectivity index (χ0v) is 10.2. The number of aromatic nitrogens is 3. The quantitative estimate of drug-likeness (QED) is 0.841. The summed E-state index contributed by atoms with van der Waals surface area (Å²) in [6.07, 6.45) is 4.45. The minimum Gasteiger partial charge on any atom is -0.382 e. The number of aryl methyl sites for hydroxylation is 1. The first-order valence-corrected chi connectivity index (χ1v) is 5.85. The molecule has 0 atom stereocenters. The number of hydrogen-bond donors (Lipinski definition) is 2. The van der Waals surface area contributed by atoms with E-state index in [2.05, 4.69) is 14.7 Å². The minimum atomic E-state index is 0.289. The fourth-order valence-electron chi connectivity index (χ4n) is 1.46. The number of imidazole rings is 1. The molecule has 0 saturated heterocycles. The third kappa shape index (κ3) is 2.37. The molecule has 17 heavy (non-hydrogen) atoms. The maximum absolute atomic E-state index is 8.90. The van der Waals surface area contributed by atoms with Gasteiger partial charge in [0.2, 0.25) is 0 Å². The van der Waals surface area contributed by atoms with E-state index in [4.69, 9.17) is 11.0 Å². The van der Waals surface area contributed by atoms with Gasteiger partial charge in [-0.2, -0.15) is 9.64 Å². The van der Waals surface area contributed by atoms with Crippen LogP contribution in [0.4, 0.5) is 10.8 Å². The summed E-state index contributed by atoms with van der Waals surface area (Å²) in [5.41, 5.74) is 5.99. The molecule has 2 aromatic rings. The molecule has 0 aliphatic carbocycles. The number of nitriles is 1. The summed E-state index contributed by atoms with van der Waals surface area (Å²) in [7, 11) is 1.95. The summed E-state index contributed by atoms with van der Waals surface area (Å²) in [5, 5.41) is 12.8. The predicted octanol–water partition coefficient (Wildman–Crippen LogP) is 0.985. The summed E-state index contributed by atoms with van der Waals surface area (Å²) in [4.78, 5) is 4.22. The number of anilines is 2. The molecule has 0 spiro atoms. The lowest BCUT2D eigenvalue weighted by molar-refractivity contribution is 0.790. The van der Waals surface area contributed by atoms with Gasteiger partial charge in [0.1, 0.15) is 22.5 Å². The molecule has 7 heteroatoms. The van der Waals surface area contributed by atoms with Crippen LogP contribution in [0.3, 0.4) is 0 Å². The van der Waals surface area contributed by atoms with Gasteiger partial charge in [0.15, 0.2) is 5.82 Å². The van der Waals surface area contributed by atoms with Gasteiger partial charge in [-0.1, -0.05) is 0 Å². The molecule has 2 rings (SSSR count). The van der Waals surface area contributed by atoms with Crippen LogP contribution < -0.4 is 11.1 Å². The van der Waals surface area contributed by atoms with Crippen molar-refractivity contribution in [3.05, 3.63) is 23.8 Å². The molecule has 0 fully saturated rings. The van der Waals surface area contributed by atoms with E-state index in [0.29, 0.717) is 12.1 Å². The van der Waals surface area contributed by atoms with Crippen molar-refractivity contribution in [3.8, 4) is 6.07 Å². The SMILES string of the molecule is Cn1ccnc1CCNc1snc(N)c1C#N. The Morgan fingerprint density at radius 1 is 1.65 bits per heavy atom. The first kappa shape index (κ1) is 11.4. The Balaban J connectivity index is 1.95. The molecule has 2 heterocycles. The molecule has 0 radical (unpaired) electrons. The number of rotatable bonds is 4. The second-order valence-electron chi connectivity index (χ2n) is 3.51. The highest BCUT2D eigenvalue weighted by Crippen LogP contribution is 2.25. The van der Waals surface area contributed by atoms with Crippen molar-refractivity contribution < 1.29 is 0 Å². The standard InChI is InChI=1S/C10H12N6S/c1-16-5-4-13-8(16)2-3-14-10-7(6-11)9(12)15-17-10/h4-5,14H,2-3H2,1H3,(H2,12,15). The molecule has 0 unspecified atom stereocenters.